The summed E-state index contributed by atoms with van der Waals surface area (Å²) in [6.45, 7) is 0.849. The molecule has 0 aliphatic carbocycles. The Hall–Kier alpha value is -0.350. The molecule has 0 amide bonds. The van der Waals surface area contributed by atoms with Gasteiger partial charge in [-0.25, -0.2) is 4.98 Å². The van der Waals surface area contributed by atoms with E-state index >= 15 is 0 Å². The molecule has 0 radical (unpaired) electrons. The Bertz CT molecular complexity index is 287. The number of imidazole rings is 1. The number of alkyl halides is 1. The molecule has 0 N–H and O–H groups in total. The molecule has 3 nitrogen and oxygen atoms in total. The van der Waals surface area contributed by atoms with Gasteiger partial charge in [-0.05, 0) is 6.42 Å². The van der Waals surface area contributed by atoms with Gasteiger partial charge in [0.15, 0.2) is 0 Å². The van der Waals surface area contributed by atoms with Crippen LogP contribution < -0.4 is 0 Å². The van der Waals surface area contributed by atoms with Crippen LogP contribution >= 0.6 is 11.6 Å². The summed E-state index contributed by atoms with van der Waals surface area (Å²) in [6, 6.07) is 0. The monoisotopic (exact) mass is 220 g/mol. The van der Waals surface area contributed by atoms with Gasteiger partial charge in [-0.2, -0.15) is 0 Å². The summed E-state index contributed by atoms with van der Waals surface area (Å²) in [7, 11) is -0.702. The van der Waals surface area contributed by atoms with Gasteiger partial charge < -0.3 is 4.57 Å². The summed E-state index contributed by atoms with van der Waals surface area (Å²) >= 11 is 5.69. The van der Waals surface area contributed by atoms with Crippen molar-refractivity contribution in [3.63, 3.8) is 0 Å². The van der Waals surface area contributed by atoms with E-state index in [2.05, 4.69) is 4.98 Å². The fourth-order valence-electron chi connectivity index (χ4n) is 1.10. The second kappa shape index (κ2) is 5.40. The van der Waals surface area contributed by atoms with Crippen LogP contribution in [0.1, 0.15) is 12.1 Å². The average Bonchev–Trinajstić information content (AvgIpc) is 2.51. The molecule has 0 aliphatic heterocycles. The van der Waals surface area contributed by atoms with Crippen LogP contribution in [0.4, 0.5) is 0 Å². The quantitative estimate of drug-likeness (QED) is 0.703. The Balaban J connectivity index is 2.40. The number of hydrogen-bond donors (Lipinski definition) is 0. The number of rotatable bonds is 5. The van der Waals surface area contributed by atoms with Crippen molar-refractivity contribution in [3.05, 3.63) is 18.2 Å². The van der Waals surface area contributed by atoms with Gasteiger partial charge >= 0.3 is 0 Å². The molecular weight excluding hydrogens is 208 g/mol. The minimum atomic E-state index is -0.702. The molecule has 0 fully saturated rings. The molecule has 0 saturated carbocycles. The number of hydrogen-bond acceptors (Lipinski definition) is 2. The smallest absolute Gasteiger partial charge is 0.0948 e. The Morgan fingerprint density at radius 3 is 3.08 bits per heavy atom. The van der Waals surface area contributed by atoms with Crippen LogP contribution in [0.15, 0.2) is 12.5 Å². The summed E-state index contributed by atoms with van der Waals surface area (Å²) in [4.78, 5) is 3.99. The second-order valence-corrected chi connectivity index (χ2v) is 4.66. The van der Waals surface area contributed by atoms with E-state index in [0.29, 0.717) is 5.88 Å². The zero-order valence-corrected chi connectivity index (χ0v) is 9.14. The molecule has 1 aromatic rings. The van der Waals surface area contributed by atoms with Crippen molar-refractivity contribution < 1.29 is 4.21 Å². The normalized spacial score (nSPS) is 13.1. The fraction of sp³-hybridized carbons (Fsp3) is 0.625. The highest BCUT2D eigenvalue weighted by molar-refractivity contribution is 7.84. The second-order valence-electron chi connectivity index (χ2n) is 2.84. The Morgan fingerprint density at radius 1 is 1.69 bits per heavy atom. The molecule has 0 saturated heterocycles. The van der Waals surface area contributed by atoms with Gasteiger partial charge in [0, 0.05) is 35.5 Å². The Labute approximate surface area is 85.6 Å². The Morgan fingerprint density at radius 2 is 2.46 bits per heavy atom. The molecule has 74 valence electrons. The zero-order valence-electron chi connectivity index (χ0n) is 7.57. The first kappa shape index (κ1) is 10.7. The van der Waals surface area contributed by atoms with Crippen molar-refractivity contribution in [2.75, 3.05) is 12.0 Å². The van der Waals surface area contributed by atoms with E-state index in [1.807, 2.05) is 4.57 Å². The maximum absolute atomic E-state index is 10.8. The molecule has 1 aromatic heterocycles. The first-order valence-corrected chi connectivity index (χ1v) is 6.35. The van der Waals surface area contributed by atoms with Crippen LogP contribution in [-0.4, -0.2) is 25.8 Å². The van der Waals surface area contributed by atoms with Crippen LogP contribution in [0, 0.1) is 0 Å². The average molecular weight is 221 g/mol. The van der Waals surface area contributed by atoms with Crippen LogP contribution in [0.5, 0.6) is 0 Å². The van der Waals surface area contributed by atoms with Crippen molar-refractivity contribution in [2.45, 2.75) is 18.8 Å². The van der Waals surface area contributed by atoms with E-state index < -0.39 is 10.8 Å². The first-order chi connectivity index (χ1) is 6.24. The SMILES string of the molecule is CS(=O)CCCn1cncc1CCl. The van der Waals surface area contributed by atoms with Gasteiger partial charge in [0.1, 0.15) is 0 Å². The van der Waals surface area contributed by atoms with E-state index in [0.717, 1.165) is 24.4 Å². The van der Waals surface area contributed by atoms with Crippen LogP contribution in [-0.2, 0) is 23.2 Å². The van der Waals surface area contributed by atoms with Crippen molar-refractivity contribution in [3.8, 4) is 0 Å². The van der Waals surface area contributed by atoms with E-state index in [-0.39, 0.29) is 0 Å². The topological polar surface area (TPSA) is 34.9 Å². The molecule has 0 bridgehead atoms. The first-order valence-electron chi connectivity index (χ1n) is 4.09. The highest BCUT2D eigenvalue weighted by Crippen LogP contribution is 2.04. The third-order valence-electron chi connectivity index (χ3n) is 1.77. The standard InChI is InChI=1S/C8H13ClN2OS/c1-13(12)4-2-3-11-7-10-6-8(11)5-9/h6-7H,2-5H2,1H3. The van der Waals surface area contributed by atoms with Crippen LogP contribution in [0.2, 0.25) is 0 Å². The van der Waals surface area contributed by atoms with Crippen LogP contribution in [0.3, 0.4) is 0 Å². The molecule has 1 heterocycles. The van der Waals surface area contributed by atoms with Crippen molar-refractivity contribution in [1.29, 1.82) is 0 Å². The van der Waals surface area contributed by atoms with Crippen molar-refractivity contribution in [1.82, 2.24) is 9.55 Å². The van der Waals surface area contributed by atoms with Gasteiger partial charge in [-0.3, -0.25) is 4.21 Å². The summed E-state index contributed by atoms with van der Waals surface area (Å²) in [5, 5.41) is 0. The fourth-order valence-corrected chi connectivity index (χ4v) is 1.86. The lowest BCUT2D eigenvalue weighted by Crippen LogP contribution is -2.04. The van der Waals surface area contributed by atoms with E-state index in [9.17, 15) is 4.21 Å². The molecule has 5 heteroatoms. The predicted molar refractivity (Wildman–Crippen MR) is 55.3 cm³/mol. The molecule has 1 atom stereocenters. The van der Waals surface area contributed by atoms with Crippen LogP contribution in [0.25, 0.3) is 0 Å². The van der Waals surface area contributed by atoms with Gasteiger partial charge in [0.25, 0.3) is 0 Å². The van der Waals surface area contributed by atoms with Gasteiger partial charge in [0.2, 0.25) is 0 Å². The van der Waals surface area contributed by atoms with Crippen molar-refractivity contribution in [2.24, 2.45) is 0 Å². The summed E-state index contributed by atoms with van der Waals surface area (Å²) in [6.07, 6.45) is 6.14. The molecule has 13 heavy (non-hydrogen) atoms. The van der Waals surface area contributed by atoms with Gasteiger partial charge in [-0.15, -0.1) is 11.6 Å². The third-order valence-corrected chi connectivity index (χ3v) is 2.90. The molecular formula is C8H13ClN2OS. The number of aryl methyl sites for hydroxylation is 1. The predicted octanol–water partition coefficient (Wildman–Crippen LogP) is 1.39. The number of nitrogens with zero attached hydrogens (tertiary/aromatic N) is 2. The minimum absolute atomic E-state index is 0.481. The Kier molecular flexibility index (Phi) is 4.45. The maximum atomic E-state index is 10.8. The zero-order chi connectivity index (χ0) is 9.68. The highest BCUT2D eigenvalue weighted by atomic mass is 35.5. The van der Waals surface area contributed by atoms with Gasteiger partial charge in [0.05, 0.1) is 17.9 Å². The summed E-state index contributed by atoms with van der Waals surface area (Å²) in [5.74, 6) is 1.22. The third kappa shape index (κ3) is 3.48. The maximum Gasteiger partial charge on any atom is 0.0948 e. The lowest BCUT2D eigenvalue weighted by atomic mass is 10.4. The highest BCUT2D eigenvalue weighted by Gasteiger charge is 2.00. The molecule has 0 aromatic carbocycles. The van der Waals surface area contributed by atoms with Gasteiger partial charge in [-0.1, -0.05) is 0 Å². The minimum Gasteiger partial charge on any atom is -0.333 e. The largest absolute Gasteiger partial charge is 0.333 e. The summed E-state index contributed by atoms with van der Waals surface area (Å²) < 4.78 is 12.8. The van der Waals surface area contributed by atoms with E-state index in [1.54, 1.807) is 18.8 Å². The molecule has 0 aliphatic rings. The molecule has 1 unspecified atom stereocenters. The molecule has 0 spiro atoms. The number of halogens is 1. The summed E-state index contributed by atoms with van der Waals surface area (Å²) in [5.41, 5.74) is 1.02. The number of aromatic nitrogens is 2. The lowest BCUT2D eigenvalue weighted by Gasteiger charge is -2.04. The van der Waals surface area contributed by atoms with Crippen molar-refractivity contribution >= 4 is 22.4 Å². The van der Waals surface area contributed by atoms with E-state index in [4.69, 9.17) is 11.6 Å². The molecule has 1 rings (SSSR count). The van der Waals surface area contributed by atoms with E-state index in [1.165, 1.54) is 0 Å². The lowest BCUT2D eigenvalue weighted by molar-refractivity contribution is 0.649.